The molecule has 0 amide bonds. The van der Waals surface area contributed by atoms with E-state index in [9.17, 15) is 13.2 Å². The number of furan rings is 1. The zero-order valence-electron chi connectivity index (χ0n) is 12.6. The van der Waals surface area contributed by atoms with Crippen LogP contribution in [0, 0.1) is 0 Å². The van der Waals surface area contributed by atoms with Crippen molar-refractivity contribution in [3.05, 3.63) is 77.6 Å². The molecule has 0 saturated carbocycles. The van der Waals surface area contributed by atoms with Crippen molar-refractivity contribution >= 4 is 23.3 Å². The van der Waals surface area contributed by atoms with Crippen molar-refractivity contribution in [2.75, 3.05) is 0 Å². The van der Waals surface area contributed by atoms with Crippen molar-refractivity contribution in [1.82, 2.24) is 0 Å². The van der Waals surface area contributed by atoms with Crippen LogP contribution in [0.25, 0.3) is 17.0 Å². The number of alkyl halides is 3. The molecule has 3 aromatic rings. The van der Waals surface area contributed by atoms with Crippen molar-refractivity contribution < 1.29 is 17.6 Å². The Morgan fingerprint density at radius 1 is 1.00 bits per heavy atom. The summed E-state index contributed by atoms with van der Waals surface area (Å²) in [4.78, 5) is 4.28. The van der Waals surface area contributed by atoms with Gasteiger partial charge in [0.15, 0.2) is 0 Å². The van der Waals surface area contributed by atoms with Crippen LogP contribution in [-0.4, -0.2) is 6.21 Å². The van der Waals surface area contributed by atoms with Crippen molar-refractivity contribution in [3.8, 4) is 0 Å². The van der Waals surface area contributed by atoms with Gasteiger partial charge < -0.3 is 4.42 Å². The molecule has 0 bridgehead atoms. The van der Waals surface area contributed by atoms with Crippen molar-refractivity contribution in [2.45, 2.75) is 12.7 Å². The zero-order chi connectivity index (χ0) is 17.0. The second-order valence-electron chi connectivity index (χ2n) is 5.23. The summed E-state index contributed by atoms with van der Waals surface area (Å²) in [6.45, 7) is 0.481. The molecule has 0 saturated heterocycles. The van der Waals surface area contributed by atoms with Crippen LogP contribution in [0.1, 0.15) is 16.7 Å². The molecule has 0 spiro atoms. The summed E-state index contributed by atoms with van der Waals surface area (Å²) in [5.41, 5.74) is 1.84. The monoisotopic (exact) mass is 329 g/mol. The van der Waals surface area contributed by atoms with Crippen molar-refractivity contribution in [2.24, 2.45) is 4.99 Å². The third-order valence-electron chi connectivity index (χ3n) is 3.54. The highest BCUT2D eigenvalue weighted by atomic mass is 19.4. The predicted molar refractivity (Wildman–Crippen MR) is 88.9 cm³/mol. The Bertz CT molecular complexity index is 874. The Labute approximate surface area is 136 Å². The van der Waals surface area contributed by atoms with Gasteiger partial charge in [0.1, 0.15) is 5.58 Å². The Morgan fingerprint density at radius 3 is 2.50 bits per heavy atom. The molecule has 3 rings (SSSR count). The van der Waals surface area contributed by atoms with Gasteiger partial charge in [-0.2, -0.15) is 13.2 Å². The minimum Gasteiger partial charge on any atom is -0.464 e. The first-order valence-corrected chi connectivity index (χ1v) is 7.33. The molecule has 0 aliphatic heterocycles. The van der Waals surface area contributed by atoms with Gasteiger partial charge >= 0.3 is 6.18 Å². The number of aliphatic imine (C=N–C) groups is 1. The van der Waals surface area contributed by atoms with E-state index in [0.717, 1.165) is 28.7 Å². The highest BCUT2D eigenvalue weighted by Crippen LogP contribution is 2.29. The molecular formula is C19H14F3NO. The Balaban J connectivity index is 1.61. The fourth-order valence-electron chi connectivity index (χ4n) is 2.30. The molecule has 1 heterocycles. The lowest BCUT2D eigenvalue weighted by Crippen LogP contribution is -2.03. The lowest BCUT2D eigenvalue weighted by atomic mass is 10.1. The van der Waals surface area contributed by atoms with Gasteiger partial charge in [-0.15, -0.1) is 0 Å². The molecule has 2 nitrogen and oxygen atoms in total. The van der Waals surface area contributed by atoms with E-state index in [4.69, 9.17) is 4.42 Å². The second-order valence-corrected chi connectivity index (χ2v) is 5.23. The van der Waals surface area contributed by atoms with Gasteiger partial charge in [-0.05, 0) is 29.8 Å². The number of halogens is 3. The molecule has 24 heavy (non-hydrogen) atoms. The normalized spacial score (nSPS) is 12.6. The maximum absolute atomic E-state index is 12.5. The van der Waals surface area contributed by atoms with Gasteiger partial charge in [0.05, 0.1) is 18.4 Å². The average molecular weight is 329 g/mol. The first kappa shape index (κ1) is 16.1. The number of benzene rings is 2. The van der Waals surface area contributed by atoms with Gasteiger partial charge in [0, 0.05) is 17.2 Å². The fraction of sp³-hybridized carbons (Fsp3) is 0.105. The molecule has 1 aromatic heterocycles. The van der Waals surface area contributed by atoms with Crippen LogP contribution >= 0.6 is 0 Å². The minimum atomic E-state index is -4.31. The topological polar surface area (TPSA) is 25.5 Å². The van der Waals surface area contributed by atoms with E-state index in [1.807, 2.05) is 24.3 Å². The highest BCUT2D eigenvalue weighted by molar-refractivity contribution is 5.82. The van der Waals surface area contributed by atoms with Gasteiger partial charge in [-0.1, -0.05) is 36.4 Å². The molecule has 2 aromatic carbocycles. The Hall–Kier alpha value is -2.82. The largest absolute Gasteiger partial charge is 0.464 e. The summed E-state index contributed by atoms with van der Waals surface area (Å²) in [5, 5.41) is 1.03. The Kier molecular flexibility index (Phi) is 4.51. The highest BCUT2D eigenvalue weighted by Gasteiger charge is 2.29. The molecule has 0 aliphatic rings. The summed E-state index contributed by atoms with van der Waals surface area (Å²) in [6, 6.07) is 12.7. The lowest BCUT2D eigenvalue weighted by Gasteiger charge is -2.05. The van der Waals surface area contributed by atoms with E-state index in [0.29, 0.717) is 12.1 Å². The first-order valence-electron chi connectivity index (χ1n) is 7.33. The summed E-state index contributed by atoms with van der Waals surface area (Å²) >= 11 is 0. The van der Waals surface area contributed by atoms with Crippen LogP contribution in [0.2, 0.25) is 0 Å². The maximum Gasteiger partial charge on any atom is 0.416 e. The summed E-state index contributed by atoms with van der Waals surface area (Å²) in [7, 11) is 0. The molecule has 0 radical (unpaired) electrons. The van der Waals surface area contributed by atoms with E-state index >= 15 is 0 Å². The van der Waals surface area contributed by atoms with E-state index in [2.05, 4.69) is 4.99 Å². The van der Waals surface area contributed by atoms with Crippen LogP contribution in [-0.2, 0) is 12.7 Å². The third-order valence-corrected chi connectivity index (χ3v) is 3.54. The molecule has 122 valence electrons. The van der Waals surface area contributed by atoms with Gasteiger partial charge in [0.25, 0.3) is 0 Å². The van der Waals surface area contributed by atoms with E-state index in [1.165, 1.54) is 12.1 Å². The number of hydrogen-bond donors (Lipinski definition) is 0. The number of rotatable bonds is 4. The van der Waals surface area contributed by atoms with E-state index in [1.54, 1.807) is 24.6 Å². The van der Waals surface area contributed by atoms with Crippen LogP contribution in [0.4, 0.5) is 13.2 Å². The summed E-state index contributed by atoms with van der Waals surface area (Å²) in [5.74, 6) is 0. The van der Waals surface area contributed by atoms with Crippen molar-refractivity contribution in [1.29, 1.82) is 0 Å². The summed E-state index contributed by atoms with van der Waals surface area (Å²) < 4.78 is 42.8. The third kappa shape index (κ3) is 3.74. The van der Waals surface area contributed by atoms with Gasteiger partial charge in [0.2, 0.25) is 0 Å². The van der Waals surface area contributed by atoms with Crippen LogP contribution in [0.3, 0.4) is 0 Å². The minimum absolute atomic E-state index is 0.481. The van der Waals surface area contributed by atoms with Gasteiger partial charge in [-0.3, -0.25) is 4.99 Å². The van der Waals surface area contributed by atoms with E-state index in [-0.39, 0.29) is 0 Å². The lowest BCUT2D eigenvalue weighted by molar-refractivity contribution is -0.137. The zero-order valence-corrected chi connectivity index (χ0v) is 12.6. The second kappa shape index (κ2) is 6.74. The summed E-state index contributed by atoms with van der Waals surface area (Å²) in [6.07, 6.45) is 2.40. The van der Waals surface area contributed by atoms with Crippen LogP contribution in [0.5, 0.6) is 0 Å². The number of para-hydroxylation sites is 1. The molecule has 0 N–H and O–H groups in total. The molecule has 0 atom stereocenters. The van der Waals surface area contributed by atoms with E-state index < -0.39 is 11.7 Å². The predicted octanol–water partition coefficient (Wildman–Crippen LogP) is 5.74. The molecular weight excluding hydrogens is 315 g/mol. The van der Waals surface area contributed by atoms with Crippen molar-refractivity contribution in [3.63, 3.8) is 0 Å². The number of allylic oxidation sites excluding steroid dienone is 1. The molecule has 5 heteroatoms. The van der Waals surface area contributed by atoms with Crippen LogP contribution in [0.15, 0.2) is 70.3 Å². The maximum atomic E-state index is 12.5. The number of nitrogens with zero attached hydrogens (tertiary/aromatic N) is 1. The fourth-order valence-corrected chi connectivity index (χ4v) is 2.30. The van der Waals surface area contributed by atoms with Gasteiger partial charge in [-0.25, -0.2) is 0 Å². The molecule has 0 unspecified atom stereocenters. The first-order chi connectivity index (χ1) is 11.5. The molecule has 0 aliphatic carbocycles. The quantitative estimate of drug-likeness (QED) is 0.561. The average Bonchev–Trinajstić information content (AvgIpc) is 2.97. The SMILES string of the molecule is FC(F)(F)c1ccc(/C=C/C=N/Cc2coc3ccccc23)cc1. The smallest absolute Gasteiger partial charge is 0.416 e. The standard InChI is InChI=1S/C19H14F3NO/c20-19(21,22)16-9-7-14(8-10-16)4-3-11-23-12-15-13-24-18-6-2-1-5-17(15)18/h1-11,13H,12H2/b4-3+,23-11+. The Morgan fingerprint density at radius 2 is 1.75 bits per heavy atom. The number of hydrogen-bond acceptors (Lipinski definition) is 2. The van der Waals surface area contributed by atoms with Crippen LogP contribution < -0.4 is 0 Å². The molecule has 0 fully saturated rings. The number of fused-ring (bicyclic) bond motifs is 1.